The summed E-state index contributed by atoms with van der Waals surface area (Å²) in [6, 6.07) is 12.4. The highest BCUT2D eigenvalue weighted by atomic mass is 79.9. The minimum absolute atomic E-state index is 0.0610. The Morgan fingerprint density at radius 2 is 1.70 bits per heavy atom. The molecule has 1 aliphatic rings. The first-order chi connectivity index (χ1) is 10.9. The Labute approximate surface area is 142 Å². The predicted molar refractivity (Wildman–Crippen MR) is 88.4 cm³/mol. The summed E-state index contributed by atoms with van der Waals surface area (Å²) in [7, 11) is -3.88. The average Bonchev–Trinajstić information content (AvgIpc) is 2.54. The number of benzene rings is 2. The topological polar surface area (TPSA) is 74.7 Å². The first-order valence-electron chi connectivity index (χ1n) is 6.96. The second kappa shape index (κ2) is 6.07. The third-order valence-corrected chi connectivity index (χ3v) is 6.31. The molecule has 1 heterocycles. The van der Waals surface area contributed by atoms with Crippen LogP contribution in [0.4, 0.5) is 0 Å². The van der Waals surface area contributed by atoms with Gasteiger partial charge in [-0.3, -0.25) is 4.79 Å². The van der Waals surface area contributed by atoms with Crippen LogP contribution in [0.3, 0.4) is 0 Å². The lowest BCUT2D eigenvalue weighted by atomic mass is 9.96. The van der Waals surface area contributed by atoms with Crippen molar-refractivity contribution in [2.75, 3.05) is 0 Å². The van der Waals surface area contributed by atoms with Crippen LogP contribution >= 0.6 is 15.9 Å². The van der Waals surface area contributed by atoms with Crippen molar-refractivity contribution in [3.63, 3.8) is 0 Å². The molecule has 0 fully saturated rings. The number of aliphatic carboxylic acids is 1. The molecule has 0 radical (unpaired) electrons. The number of rotatable bonds is 3. The molecular formula is C16H14BrNO4S. The minimum Gasteiger partial charge on any atom is -0.480 e. The molecule has 1 aliphatic heterocycles. The molecule has 23 heavy (non-hydrogen) atoms. The van der Waals surface area contributed by atoms with E-state index in [1.54, 1.807) is 12.1 Å². The van der Waals surface area contributed by atoms with Gasteiger partial charge in [0.1, 0.15) is 6.04 Å². The molecule has 0 saturated heterocycles. The number of carbonyl (C=O) groups is 1. The largest absolute Gasteiger partial charge is 0.480 e. The van der Waals surface area contributed by atoms with Crippen LogP contribution in [0.2, 0.25) is 0 Å². The minimum atomic E-state index is -3.88. The van der Waals surface area contributed by atoms with Gasteiger partial charge in [0.2, 0.25) is 10.0 Å². The highest BCUT2D eigenvalue weighted by Gasteiger charge is 2.39. The van der Waals surface area contributed by atoms with Crippen molar-refractivity contribution >= 4 is 31.9 Å². The second-order valence-corrected chi connectivity index (χ2v) is 8.14. The molecule has 2 aromatic carbocycles. The Hall–Kier alpha value is -1.70. The molecule has 1 N–H and O–H groups in total. The van der Waals surface area contributed by atoms with Gasteiger partial charge in [-0.25, -0.2) is 8.42 Å². The zero-order valence-electron chi connectivity index (χ0n) is 12.0. The Kier molecular flexibility index (Phi) is 4.27. The molecule has 0 aliphatic carbocycles. The van der Waals surface area contributed by atoms with Crippen molar-refractivity contribution in [2.24, 2.45) is 0 Å². The number of hydrogen-bond donors (Lipinski definition) is 1. The first-order valence-corrected chi connectivity index (χ1v) is 9.20. The number of halogens is 1. The number of nitrogens with zero attached hydrogens (tertiary/aromatic N) is 1. The van der Waals surface area contributed by atoms with E-state index in [1.165, 1.54) is 12.1 Å². The summed E-state index contributed by atoms with van der Waals surface area (Å²) in [6.07, 6.45) is 0.168. The lowest BCUT2D eigenvalue weighted by Crippen LogP contribution is -2.48. The van der Waals surface area contributed by atoms with Gasteiger partial charge in [0.05, 0.1) is 4.90 Å². The van der Waals surface area contributed by atoms with E-state index in [1.807, 2.05) is 24.3 Å². The smallest absolute Gasteiger partial charge is 0.322 e. The van der Waals surface area contributed by atoms with Gasteiger partial charge < -0.3 is 5.11 Å². The summed E-state index contributed by atoms with van der Waals surface area (Å²) >= 11 is 3.26. The van der Waals surface area contributed by atoms with Gasteiger partial charge in [-0.1, -0.05) is 40.2 Å². The van der Waals surface area contributed by atoms with Crippen molar-refractivity contribution in [2.45, 2.75) is 23.9 Å². The monoisotopic (exact) mass is 395 g/mol. The summed E-state index contributed by atoms with van der Waals surface area (Å²) in [5.74, 6) is -1.14. The van der Waals surface area contributed by atoms with E-state index in [0.717, 1.165) is 19.9 Å². The van der Waals surface area contributed by atoms with Crippen molar-refractivity contribution in [3.8, 4) is 0 Å². The van der Waals surface area contributed by atoms with Crippen LogP contribution in [0.1, 0.15) is 11.1 Å². The molecule has 120 valence electrons. The van der Waals surface area contributed by atoms with Crippen molar-refractivity contribution < 1.29 is 18.3 Å². The van der Waals surface area contributed by atoms with Crippen LogP contribution in [0.15, 0.2) is 57.9 Å². The van der Waals surface area contributed by atoms with Gasteiger partial charge in [-0.2, -0.15) is 4.31 Å². The average molecular weight is 396 g/mol. The number of sulfonamides is 1. The molecule has 5 nitrogen and oxygen atoms in total. The molecule has 0 bridgehead atoms. The molecular weight excluding hydrogens is 382 g/mol. The molecule has 2 aromatic rings. The van der Waals surface area contributed by atoms with Gasteiger partial charge in [0, 0.05) is 17.4 Å². The van der Waals surface area contributed by atoms with Crippen LogP contribution in [0.25, 0.3) is 0 Å². The van der Waals surface area contributed by atoms with E-state index in [9.17, 15) is 18.3 Å². The Bertz CT molecular complexity index is 849. The number of carboxylic acid groups (broad SMARTS) is 1. The number of fused-ring (bicyclic) bond motifs is 1. The highest BCUT2D eigenvalue weighted by molar-refractivity contribution is 9.10. The van der Waals surface area contributed by atoms with Gasteiger partial charge >= 0.3 is 5.97 Å². The fourth-order valence-electron chi connectivity index (χ4n) is 2.70. The first kappa shape index (κ1) is 16.2. The molecule has 1 atom stereocenters. The van der Waals surface area contributed by atoms with E-state index in [2.05, 4.69) is 15.9 Å². The van der Waals surface area contributed by atoms with E-state index in [-0.39, 0.29) is 17.9 Å². The molecule has 7 heteroatoms. The van der Waals surface area contributed by atoms with E-state index in [0.29, 0.717) is 0 Å². The lowest BCUT2D eigenvalue weighted by molar-refractivity contribution is -0.141. The van der Waals surface area contributed by atoms with Crippen LogP contribution in [-0.4, -0.2) is 29.8 Å². The Morgan fingerprint density at radius 3 is 2.30 bits per heavy atom. The fourth-order valence-corrected chi connectivity index (χ4v) is 4.53. The van der Waals surface area contributed by atoms with Gasteiger partial charge in [-0.15, -0.1) is 0 Å². The summed E-state index contributed by atoms with van der Waals surface area (Å²) in [6.45, 7) is 0.0610. The number of carboxylic acids is 1. The summed E-state index contributed by atoms with van der Waals surface area (Å²) < 4.78 is 27.6. The zero-order valence-corrected chi connectivity index (χ0v) is 14.4. The van der Waals surface area contributed by atoms with E-state index >= 15 is 0 Å². The van der Waals surface area contributed by atoms with Crippen molar-refractivity contribution in [1.29, 1.82) is 0 Å². The number of hydrogen-bond acceptors (Lipinski definition) is 3. The third kappa shape index (κ3) is 3.04. The maximum Gasteiger partial charge on any atom is 0.322 e. The molecule has 0 spiro atoms. The maximum atomic E-state index is 12.9. The molecule has 3 rings (SSSR count). The second-order valence-electron chi connectivity index (χ2n) is 5.33. The van der Waals surface area contributed by atoms with E-state index in [4.69, 9.17) is 0 Å². The molecule has 0 aromatic heterocycles. The maximum absolute atomic E-state index is 12.9. The summed E-state index contributed by atoms with van der Waals surface area (Å²) in [5, 5.41) is 9.47. The SMILES string of the molecule is O=C(O)[C@H]1Cc2ccccc2CN1S(=O)(=O)c1ccc(Br)cc1. The summed E-state index contributed by atoms with van der Waals surface area (Å²) in [5.41, 5.74) is 1.72. The third-order valence-electron chi connectivity index (χ3n) is 3.91. The Balaban J connectivity index is 2.05. The highest BCUT2D eigenvalue weighted by Crippen LogP contribution is 2.29. The summed E-state index contributed by atoms with van der Waals surface area (Å²) in [4.78, 5) is 11.7. The lowest BCUT2D eigenvalue weighted by Gasteiger charge is -2.33. The zero-order chi connectivity index (χ0) is 16.6. The van der Waals surface area contributed by atoms with Crippen LogP contribution in [0.5, 0.6) is 0 Å². The van der Waals surface area contributed by atoms with Crippen molar-refractivity contribution in [1.82, 2.24) is 4.31 Å². The van der Waals surface area contributed by atoms with E-state index < -0.39 is 22.0 Å². The van der Waals surface area contributed by atoms with Crippen LogP contribution < -0.4 is 0 Å². The van der Waals surface area contributed by atoms with Gasteiger partial charge in [0.15, 0.2) is 0 Å². The Morgan fingerprint density at radius 1 is 1.09 bits per heavy atom. The molecule has 0 unspecified atom stereocenters. The molecule has 0 amide bonds. The fraction of sp³-hybridized carbons (Fsp3) is 0.188. The quantitative estimate of drug-likeness (QED) is 0.866. The van der Waals surface area contributed by atoms with Gasteiger partial charge in [-0.05, 0) is 35.4 Å². The van der Waals surface area contributed by atoms with Crippen LogP contribution in [-0.2, 0) is 27.8 Å². The predicted octanol–water partition coefficient (Wildman–Crippen LogP) is 2.65. The van der Waals surface area contributed by atoms with Crippen molar-refractivity contribution in [3.05, 3.63) is 64.1 Å². The normalized spacial score (nSPS) is 18.4. The van der Waals surface area contributed by atoms with Crippen LogP contribution in [0, 0.1) is 0 Å². The van der Waals surface area contributed by atoms with Gasteiger partial charge in [0.25, 0.3) is 0 Å². The standard InChI is InChI=1S/C16H14BrNO4S/c17-13-5-7-14(8-6-13)23(21,22)18-10-12-4-2-1-3-11(12)9-15(18)16(19)20/h1-8,15H,9-10H2,(H,19,20)/t15-/m1/s1. The molecule has 0 saturated carbocycles.